The van der Waals surface area contributed by atoms with Crippen LogP contribution >= 0.6 is 0 Å². The highest BCUT2D eigenvalue weighted by atomic mass is 32.2. The average Bonchev–Trinajstić information content (AvgIpc) is 3.03. The zero-order valence-corrected chi connectivity index (χ0v) is 16.2. The number of benzene rings is 1. The first-order chi connectivity index (χ1) is 12.3. The fourth-order valence-electron chi connectivity index (χ4n) is 3.37. The molecular formula is C18H23N3O4S. The van der Waals surface area contributed by atoms with Crippen molar-refractivity contribution in [2.24, 2.45) is 0 Å². The molecule has 7 nitrogen and oxygen atoms in total. The highest BCUT2D eigenvalue weighted by Crippen LogP contribution is 2.28. The number of sulfonamides is 1. The van der Waals surface area contributed by atoms with Gasteiger partial charge in [0.05, 0.1) is 18.6 Å². The van der Waals surface area contributed by atoms with Gasteiger partial charge in [0.1, 0.15) is 6.10 Å². The van der Waals surface area contributed by atoms with Crippen molar-refractivity contribution in [3.05, 3.63) is 41.0 Å². The van der Waals surface area contributed by atoms with Gasteiger partial charge < -0.3 is 9.47 Å². The average molecular weight is 377 g/mol. The first-order valence-corrected chi connectivity index (χ1v) is 9.87. The third kappa shape index (κ3) is 3.66. The first kappa shape index (κ1) is 18.6. The van der Waals surface area contributed by atoms with E-state index >= 15 is 0 Å². The van der Waals surface area contributed by atoms with E-state index in [-0.39, 0.29) is 6.10 Å². The summed E-state index contributed by atoms with van der Waals surface area (Å²) in [6.45, 7) is 6.35. The monoisotopic (exact) mass is 377 g/mol. The Kier molecular flexibility index (Phi) is 5.15. The number of methoxy groups -OCH3 is 1. The van der Waals surface area contributed by atoms with Gasteiger partial charge in [0, 0.05) is 18.7 Å². The Morgan fingerprint density at radius 1 is 1.08 bits per heavy atom. The van der Waals surface area contributed by atoms with E-state index in [1.54, 1.807) is 12.1 Å². The second-order valence-corrected chi connectivity index (χ2v) is 8.41. The Bertz CT molecular complexity index is 874. The lowest BCUT2D eigenvalue weighted by Crippen LogP contribution is -2.32. The molecule has 0 saturated carbocycles. The van der Waals surface area contributed by atoms with Gasteiger partial charge in [-0.1, -0.05) is 17.7 Å². The quantitative estimate of drug-likeness (QED) is 0.795. The van der Waals surface area contributed by atoms with Crippen molar-refractivity contribution in [3.63, 3.8) is 0 Å². The van der Waals surface area contributed by atoms with Gasteiger partial charge in [-0.3, -0.25) is 0 Å². The van der Waals surface area contributed by atoms with Crippen molar-refractivity contribution < 1.29 is 17.9 Å². The second kappa shape index (κ2) is 7.20. The van der Waals surface area contributed by atoms with Gasteiger partial charge in [-0.2, -0.15) is 4.31 Å². The van der Waals surface area contributed by atoms with Crippen LogP contribution in [0.2, 0.25) is 0 Å². The minimum Gasteiger partial charge on any atom is -0.480 e. The van der Waals surface area contributed by atoms with Crippen LogP contribution in [-0.2, 0) is 10.0 Å². The van der Waals surface area contributed by atoms with Gasteiger partial charge in [0.25, 0.3) is 0 Å². The molecule has 1 saturated heterocycles. The molecule has 0 bridgehead atoms. The highest BCUT2D eigenvalue weighted by molar-refractivity contribution is 7.89. The summed E-state index contributed by atoms with van der Waals surface area (Å²) in [5, 5.41) is 7.79. The van der Waals surface area contributed by atoms with E-state index in [2.05, 4.69) is 10.2 Å². The molecule has 1 atom stereocenters. The number of hydrogen-bond donors (Lipinski definition) is 0. The third-order valence-electron chi connectivity index (χ3n) is 4.42. The van der Waals surface area contributed by atoms with E-state index in [1.807, 2.05) is 32.9 Å². The van der Waals surface area contributed by atoms with E-state index in [4.69, 9.17) is 9.47 Å². The minimum absolute atomic E-state index is 0.251. The number of aryl methyl sites for hydroxylation is 3. The summed E-state index contributed by atoms with van der Waals surface area (Å²) in [6.07, 6.45) is 0.357. The van der Waals surface area contributed by atoms with Crippen molar-refractivity contribution in [1.29, 1.82) is 0 Å². The van der Waals surface area contributed by atoms with E-state index in [0.717, 1.165) is 16.7 Å². The molecule has 1 aliphatic heterocycles. The fraction of sp³-hybridized carbons (Fsp3) is 0.444. The molecule has 0 N–H and O–H groups in total. The number of ether oxygens (including phenoxy) is 2. The van der Waals surface area contributed by atoms with Crippen molar-refractivity contribution in [1.82, 2.24) is 14.5 Å². The molecule has 26 heavy (non-hydrogen) atoms. The molecule has 1 unspecified atom stereocenters. The molecule has 8 heteroatoms. The molecule has 140 valence electrons. The predicted molar refractivity (Wildman–Crippen MR) is 97.0 cm³/mol. The molecule has 0 spiro atoms. The van der Waals surface area contributed by atoms with Crippen LogP contribution in [-0.4, -0.2) is 49.2 Å². The Balaban J connectivity index is 1.75. The number of hydrogen-bond acceptors (Lipinski definition) is 6. The van der Waals surface area contributed by atoms with E-state index in [0.29, 0.717) is 36.2 Å². The van der Waals surface area contributed by atoms with Crippen LogP contribution in [0.5, 0.6) is 11.8 Å². The lowest BCUT2D eigenvalue weighted by Gasteiger charge is -2.20. The largest absolute Gasteiger partial charge is 0.480 e. The van der Waals surface area contributed by atoms with E-state index < -0.39 is 10.0 Å². The van der Waals surface area contributed by atoms with Gasteiger partial charge in [-0.05, 0) is 38.3 Å². The molecule has 0 aliphatic carbocycles. The molecule has 2 heterocycles. The van der Waals surface area contributed by atoms with Crippen LogP contribution < -0.4 is 9.47 Å². The number of rotatable bonds is 5. The topological polar surface area (TPSA) is 81.6 Å². The molecule has 1 aliphatic rings. The van der Waals surface area contributed by atoms with Gasteiger partial charge in [0.2, 0.25) is 21.8 Å². The fourth-order valence-corrected chi connectivity index (χ4v) is 5.26. The Labute approximate surface area is 154 Å². The summed E-state index contributed by atoms with van der Waals surface area (Å²) in [6, 6.07) is 7.12. The van der Waals surface area contributed by atoms with Gasteiger partial charge in [-0.15, -0.1) is 10.2 Å². The summed E-state index contributed by atoms with van der Waals surface area (Å²) < 4.78 is 38.4. The lowest BCUT2D eigenvalue weighted by molar-refractivity contribution is 0.203. The third-order valence-corrected chi connectivity index (χ3v) is 6.59. The summed E-state index contributed by atoms with van der Waals surface area (Å²) in [5.74, 6) is 0.760. The summed E-state index contributed by atoms with van der Waals surface area (Å²) in [7, 11) is -2.04. The molecule has 3 rings (SSSR count). The number of nitrogens with zero attached hydrogens (tertiary/aromatic N) is 3. The van der Waals surface area contributed by atoms with Crippen molar-refractivity contribution >= 4 is 10.0 Å². The Morgan fingerprint density at radius 2 is 1.69 bits per heavy atom. The van der Waals surface area contributed by atoms with E-state index in [1.165, 1.54) is 11.4 Å². The summed E-state index contributed by atoms with van der Waals surface area (Å²) in [4.78, 5) is 0.396. The van der Waals surface area contributed by atoms with Crippen LogP contribution in [0.3, 0.4) is 0 Å². The molecule has 1 fully saturated rings. The van der Waals surface area contributed by atoms with Crippen LogP contribution in [0, 0.1) is 20.8 Å². The molecule has 2 aromatic rings. The molecular weight excluding hydrogens is 354 g/mol. The van der Waals surface area contributed by atoms with Crippen molar-refractivity contribution in [2.45, 2.75) is 38.2 Å². The number of aromatic nitrogens is 2. The van der Waals surface area contributed by atoms with E-state index in [9.17, 15) is 8.42 Å². The molecule has 1 aromatic heterocycles. The van der Waals surface area contributed by atoms with Crippen LogP contribution in [0.25, 0.3) is 0 Å². The highest BCUT2D eigenvalue weighted by Gasteiger charge is 2.35. The smallest absolute Gasteiger partial charge is 0.243 e. The van der Waals surface area contributed by atoms with Gasteiger partial charge >= 0.3 is 0 Å². The Morgan fingerprint density at radius 3 is 2.27 bits per heavy atom. The maximum atomic E-state index is 13.1. The summed E-state index contributed by atoms with van der Waals surface area (Å²) >= 11 is 0. The SMILES string of the molecule is COc1ccc(OC2CCN(S(=O)(=O)c3c(C)cc(C)cc3C)C2)nn1. The van der Waals surface area contributed by atoms with Crippen LogP contribution in [0.15, 0.2) is 29.2 Å². The molecule has 1 aromatic carbocycles. The second-order valence-electron chi connectivity index (χ2n) is 6.53. The molecule has 0 radical (unpaired) electrons. The van der Waals surface area contributed by atoms with Crippen LogP contribution in [0.4, 0.5) is 0 Å². The normalized spacial score (nSPS) is 18.1. The maximum Gasteiger partial charge on any atom is 0.243 e. The Hall–Kier alpha value is -2.19. The zero-order valence-electron chi connectivity index (χ0n) is 15.4. The molecule has 0 amide bonds. The zero-order chi connectivity index (χ0) is 18.9. The van der Waals surface area contributed by atoms with Gasteiger partial charge in [-0.25, -0.2) is 8.42 Å². The maximum absolute atomic E-state index is 13.1. The van der Waals surface area contributed by atoms with Crippen molar-refractivity contribution in [2.75, 3.05) is 20.2 Å². The van der Waals surface area contributed by atoms with Crippen molar-refractivity contribution in [3.8, 4) is 11.8 Å². The van der Waals surface area contributed by atoms with Gasteiger partial charge in [0.15, 0.2) is 0 Å². The minimum atomic E-state index is -3.56. The standard InChI is InChI=1S/C18H23N3O4S/c1-12-9-13(2)18(14(3)10-12)26(22,23)21-8-7-15(11-21)25-17-6-5-16(24-4)19-20-17/h5-6,9-10,15H,7-8,11H2,1-4H3. The van der Waals surface area contributed by atoms with Crippen LogP contribution in [0.1, 0.15) is 23.1 Å². The first-order valence-electron chi connectivity index (χ1n) is 8.43. The summed E-state index contributed by atoms with van der Waals surface area (Å²) in [5.41, 5.74) is 2.60. The predicted octanol–water partition coefficient (Wildman–Crippen LogP) is 2.25. The lowest BCUT2D eigenvalue weighted by atomic mass is 10.1.